The maximum atomic E-state index is 12.1. The highest BCUT2D eigenvalue weighted by Gasteiger charge is 2.32. The van der Waals surface area contributed by atoms with Crippen molar-refractivity contribution in [2.75, 3.05) is 13.2 Å². The molecule has 5 nitrogen and oxygen atoms in total. The molecule has 0 aromatic carbocycles. The first-order valence-electron chi connectivity index (χ1n) is 14.1. The number of rotatable bonds is 14. The molecule has 0 aromatic rings. The van der Waals surface area contributed by atoms with Crippen LogP contribution in [0.15, 0.2) is 24.3 Å². The van der Waals surface area contributed by atoms with Gasteiger partial charge in [-0.15, -0.1) is 0 Å². The summed E-state index contributed by atoms with van der Waals surface area (Å²) >= 11 is 0. The van der Waals surface area contributed by atoms with Gasteiger partial charge in [-0.1, -0.05) is 71.4 Å². The van der Waals surface area contributed by atoms with Crippen LogP contribution in [0, 0.1) is 29.6 Å². The van der Waals surface area contributed by atoms with Gasteiger partial charge >= 0.3 is 11.9 Å². The van der Waals surface area contributed by atoms with Gasteiger partial charge in [0, 0.05) is 11.5 Å². The van der Waals surface area contributed by atoms with Crippen LogP contribution in [-0.2, 0) is 19.1 Å². The smallest absolute Gasteiger partial charge is 0.336 e. The molecule has 200 valence electrons. The van der Waals surface area contributed by atoms with E-state index in [0.29, 0.717) is 11.5 Å². The Kier molecular flexibility index (Phi) is 13.1. The monoisotopic (exact) mass is 490 g/mol. The average Bonchev–Trinajstić information content (AvgIpc) is 2.85. The number of carbonyl (C=O) groups is 2. The van der Waals surface area contributed by atoms with E-state index in [1.165, 1.54) is 84.0 Å². The lowest BCUT2D eigenvalue weighted by Gasteiger charge is -2.38. The Morgan fingerprint density at radius 3 is 1.86 bits per heavy atom. The van der Waals surface area contributed by atoms with E-state index in [1.807, 2.05) is 0 Å². The molecule has 5 heteroatoms. The second-order valence-electron chi connectivity index (χ2n) is 11.3. The van der Waals surface area contributed by atoms with Crippen molar-refractivity contribution in [2.45, 2.75) is 110 Å². The second-order valence-corrected chi connectivity index (χ2v) is 11.3. The number of aliphatic hydroxyl groups is 1. The van der Waals surface area contributed by atoms with Gasteiger partial charge in [0.2, 0.25) is 0 Å². The van der Waals surface area contributed by atoms with Gasteiger partial charge in [0.15, 0.2) is 0 Å². The van der Waals surface area contributed by atoms with Crippen LogP contribution in [0.3, 0.4) is 0 Å². The number of unbranched alkanes of at least 4 members (excludes halogenated alkanes) is 2. The van der Waals surface area contributed by atoms with Crippen LogP contribution in [-0.4, -0.2) is 36.4 Å². The number of carbonyl (C=O) groups excluding carboxylic acids is 2. The number of ether oxygens (including phenoxy) is 2. The minimum absolute atomic E-state index is 0.0447. The SMILES string of the molecule is C=C(C)C(=O)OCC(COC(=O)C(=C)C(C)O)CC1CCC(C2CCC(CCCCC)CC2)CC1. The lowest BCUT2D eigenvalue weighted by Crippen LogP contribution is -2.29. The van der Waals surface area contributed by atoms with Crippen molar-refractivity contribution >= 4 is 11.9 Å². The third kappa shape index (κ3) is 10.5. The first-order chi connectivity index (χ1) is 16.7. The standard InChI is InChI=1S/C30H50O5/c1-6-7-8-9-24-10-14-27(15-11-24)28-16-12-25(13-17-28)18-26(19-34-29(32)21(2)3)20-35-30(33)22(4)23(5)31/h23-28,31H,2,4,6-20H2,1,3,5H3. The molecule has 2 fully saturated rings. The Labute approximate surface area is 213 Å². The van der Waals surface area contributed by atoms with Crippen LogP contribution >= 0.6 is 0 Å². The van der Waals surface area contributed by atoms with Crippen LogP contribution in [0.5, 0.6) is 0 Å². The van der Waals surface area contributed by atoms with Crippen molar-refractivity contribution in [2.24, 2.45) is 29.6 Å². The molecule has 0 aromatic heterocycles. The van der Waals surface area contributed by atoms with Crippen LogP contribution in [0.25, 0.3) is 0 Å². The zero-order chi connectivity index (χ0) is 25.8. The number of hydrogen-bond donors (Lipinski definition) is 1. The normalized spacial score (nSPS) is 26.4. The van der Waals surface area contributed by atoms with E-state index in [9.17, 15) is 14.7 Å². The van der Waals surface area contributed by atoms with E-state index in [-0.39, 0.29) is 24.7 Å². The van der Waals surface area contributed by atoms with E-state index >= 15 is 0 Å². The molecule has 2 aliphatic carbocycles. The fourth-order valence-corrected chi connectivity index (χ4v) is 5.96. The second kappa shape index (κ2) is 15.5. The molecule has 0 heterocycles. The van der Waals surface area contributed by atoms with Crippen molar-refractivity contribution < 1.29 is 24.2 Å². The molecule has 2 unspecified atom stereocenters. The highest BCUT2D eigenvalue weighted by Crippen LogP contribution is 2.43. The molecule has 0 bridgehead atoms. The molecule has 0 amide bonds. The van der Waals surface area contributed by atoms with Crippen LogP contribution in [0.2, 0.25) is 0 Å². The van der Waals surface area contributed by atoms with Crippen LogP contribution in [0.4, 0.5) is 0 Å². The molecule has 2 saturated carbocycles. The van der Waals surface area contributed by atoms with Gasteiger partial charge in [-0.05, 0) is 69.6 Å². The summed E-state index contributed by atoms with van der Waals surface area (Å²) in [5.41, 5.74) is 0.409. The maximum absolute atomic E-state index is 12.1. The minimum Gasteiger partial charge on any atom is -0.462 e. The van der Waals surface area contributed by atoms with Crippen molar-refractivity contribution in [1.82, 2.24) is 0 Å². The molecular formula is C30H50O5. The Hall–Kier alpha value is -1.62. The molecule has 2 rings (SSSR count). The predicted molar refractivity (Wildman–Crippen MR) is 141 cm³/mol. The first-order valence-corrected chi connectivity index (χ1v) is 14.1. The van der Waals surface area contributed by atoms with Crippen LogP contribution < -0.4 is 0 Å². The van der Waals surface area contributed by atoms with Crippen molar-refractivity contribution in [3.05, 3.63) is 24.3 Å². The largest absolute Gasteiger partial charge is 0.462 e. The summed E-state index contributed by atoms with van der Waals surface area (Å²) in [4.78, 5) is 24.1. The van der Waals surface area contributed by atoms with E-state index in [1.54, 1.807) is 6.92 Å². The summed E-state index contributed by atoms with van der Waals surface area (Å²) in [6, 6.07) is 0. The minimum atomic E-state index is -0.941. The molecule has 0 spiro atoms. The number of esters is 2. The van der Waals surface area contributed by atoms with Gasteiger partial charge in [-0.3, -0.25) is 0 Å². The molecule has 1 N–H and O–H groups in total. The van der Waals surface area contributed by atoms with Gasteiger partial charge in [0.1, 0.15) is 0 Å². The number of hydrogen-bond acceptors (Lipinski definition) is 5. The molecule has 2 aliphatic rings. The summed E-state index contributed by atoms with van der Waals surface area (Å²) in [6.45, 7) is 13.0. The fourth-order valence-electron chi connectivity index (χ4n) is 5.96. The first kappa shape index (κ1) is 29.6. The predicted octanol–water partition coefficient (Wildman–Crippen LogP) is 6.79. The van der Waals surface area contributed by atoms with Gasteiger partial charge < -0.3 is 14.6 Å². The maximum Gasteiger partial charge on any atom is 0.336 e. The summed E-state index contributed by atoms with van der Waals surface area (Å²) in [5.74, 6) is 2.21. The zero-order valence-electron chi connectivity index (χ0n) is 22.6. The van der Waals surface area contributed by atoms with Crippen molar-refractivity contribution in [3.63, 3.8) is 0 Å². The van der Waals surface area contributed by atoms with Crippen LogP contribution in [0.1, 0.15) is 104 Å². The van der Waals surface area contributed by atoms with Gasteiger partial charge in [-0.25, -0.2) is 9.59 Å². The van der Waals surface area contributed by atoms with E-state index in [0.717, 1.165) is 24.2 Å². The Morgan fingerprint density at radius 1 is 0.857 bits per heavy atom. The highest BCUT2D eigenvalue weighted by molar-refractivity contribution is 5.88. The van der Waals surface area contributed by atoms with Crippen molar-refractivity contribution in [1.29, 1.82) is 0 Å². The number of aliphatic hydroxyl groups excluding tert-OH is 1. The average molecular weight is 491 g/mol. The lowest BCUT2D eigenvalue weighted by molar-refractivity contribution is -0.145. The zero-order valence-corrected chi connectivity index (χ0v) is 22.6. The molecule has 2 atom stereocenters. The Bertz CT molecular complexity index is 681. The lowest BCUT2D eigenvalue weighted by atomic mass is 9.68. The third-order valence-corrected chi connectivity index (χ3v) is 8.35. The Balaban J connectivity index is 1.79. The van der Waals surface area contributed by atoms with E-state index < -0.39 is 18.0 Å². The van der Waals surface area contributed by atoms with Gasteiger partial charge in [0.25, 0.3) is 0 Å². The van der Waals surface area contributed by atoms with E-state index in [4.69, 9.17) is 9.47 Å². The summed E-state index contributed by atoms with van der Waals surface area (Å²) in [7, 11) is 0. The molecule has 0 radical (unpaired) electrons. The summed E-state index contributed by atoms with van der Waals surface area (Å²) in [6.07, 6.45) is 16.1. The van der Waals surface area contributed by atoms with Crippen molar-refractivity contribution in [3.8, 4) is 0 Å². The topological polar surface area (TPSA) is 72.8 Å². The molecule has 0 saturated heterocycles. The molecular weight excluding hydrogens is 440 g/mol. The third-order valence-electron chi connectivity index (χ3n) is 8.35. The molecule has 0 aliphatic heterocycles. The Morgan fingerprint density at radius 2 is 1.37 bits per heavy atom. The highest BCUT2D eigenvalue weighted by atomic mass is 16.5. The summed E-state index contributed by atoms with van der Waals surface area (Å²) < 4.78 is 10.8. The molecule has 35 heavy (non-hydrogen) atoms. The van der Waals surface area contributed by atoms with Gasteiger partial charge in [0.05, 0.1) is 24.9 Å². The summed E-state index contributed by atoms with van der Waals surface area (Å²) in [5, 5.41) is 9.57. The quantitative estimate of drug-likeness (QED) is 0.165. The van der Waals surface area contributed by atoms with E-state index in [2.05, 4.69) is 20.1 Å². The fraction of sp³-hybridized carbons (Fsp3) is 0.800. The van der Waals surface area contributed by atoms with Gasteiger partial charge in [-0.2, -0.15) is 0 Å².